The van der Waals surface area contributed by atoms with E-state index in [9.17, 15) is 4.79 Å². The van der Waals surface area contributed by atoms with E-state index in [1.54, 1.807) is 0 Å². The molecule has 0 saturated carbocycles. The fourth-order valence-corrected chi connectivity index (χ4v) is 3.04. The Kier molecular flexibility index (Phi) is 3.12. The van der Waals surface area contributed by atoms with Crippen molar-refractivity contribution in [2.45, 2.75) is 32.6 Å². The number of carbonyl (C=O) groups is 1. The molecule has 1 atom stereocenters. The molecule has 0 aliphatic heterocycles. The number of hydrogen-bond donors (Lipinski definition) is 0. The summed E-state index contributed by atoms with van der Waals surface area (Å²) >= 11 is 0. The van der Waals surface area contributed by atoms with E-state index in [4.69, 9.17) is 0 Å². The lowest BCUT2D eigenvalue weighted by Gasteiger charge is -2.16. The molecule has 0 aromatic heterocycles. The molecule has 0 heterocycles. The third kappa shape index (κ3) is 5.76. The molecule has 0 fully saturated rings. The van der Waals surface area contributed by atoms with Gasteiger partial charge in [0.1, 0.15) is 6.29 Å². The first-order valence-electron chi connectivity index (χ1n) is 3.41. The molecule has 1 nitrogen and oxygen atoms in total. The van der Waals surface area contributed by atoms with Crippen molar-refractivity contribution in [2.24, 2.45) is 5.92 Å². The molecule has 54 valence electrons. The lowest BCUT2D eigenvalue weighted by molar-refractivity contribution is -0.110. The number of aldehydes is 1. The van der Waals surface area contributed by atoms with Crippen molar-refractivity contribution >= 4 is 14.4 Å². The van der Waals surface area contributed by atoms with Gasteiger partial charge in [0.2, 0.25) is 0 Å². The highest BCUT2D eigenvalue weighted by Crippen LogP contribution is 2.13. The monoisotopic (exact) mass is 144 g/mol. The van der Waals surface area contributed by atoms with Crippen LogP contribution in [-0.2, 0) is 4.79 Å². The Morgan fingerprint density at radius 2 is 1.89 bits per heavy atom. The molecule has 1 unspecified atom stereocenters. The van der Waals surface area contributed by atoms with Gasteiger partial charge in [-0.15, -0.1) is 0 Å². The molecule has 0 amide bonds. The van der Waals surface area contributed by atoms with Crippen molar-refractivity contribution in [3.05, 3.63) is 0 Å². The minimum Gasteiger partial charge on any atom is -0.303 e. The van der Waals surface area contributed by atoms with Crippen LogP contribution in [0.1, 0.15) is 6.92 Å². The highest BCUT2D eigenvalue weighted by atomic mass is 28.3. The van der Waals surface area contributed by atoms with Crippen LogP contribution in [-0.4, -0.2) is 14.4 Å². The van der Waals surface area contributed by atoms with Gasteiger partial charge in [-0.05, 0) is 6.04 Å². The van der Waals surface area contributed by atoms with E-state index in [1.807, 2.05) is 6.92 Å². The van der Waals surface area contributed by atoms with Gasteiger partial charge < -0.3 is 4.79 Å². The van der Waals surface area contributed by atoms with E-state index in [0.717, 1.165) is 12.3 Å². The molecular weight excluding hydrogens is 128 g/mol. The van der Waals surface area contributed by atoms with Crippen LogP contribution in [0.2, 0.25) is 25.7 Å². The van der Waals surface area contributed by atoms with Gasteiger partial charge in [-0.1, -0.05) is 26.6 Å². The predicted octanol–water partition coefficient (Wildman–Crippen LogP) is 2.16. The predicted molar refractivity (Wildman–Crippen MR) is 43.4 cm³/mol. The molecule has 0 bridgehead atoms. The van der Waals surface area contributed by atoms with Gasteiger partial charge in [0.05, 0.1) is 0 Å². The topological polar surface area (TPSA) is 17.1 Å². The van der Waals surface area contributed by atoms with E-state index in [-0.39, 0.29) is 5.92 Å². The zero-order valence-corrected chi connectivity index (χ0v) is 7.77. The molecule has 0 saturated heterocycles. The van der Waals surface area contributed by atoms with Gasteiger partial charge in [-0.3, -0.25) is 0 Å². The lowest BCUT2D eigenvalue weighted by atomic mass is 10.3. The summed E-state index contributed by atoms with van der Waals surface area (Å²) in [6.07, 6.45) is 1.05. The average molecular weight is 144 g/mol. The van der Waals surface area contributed by atoms with E-state index in [0.29, 0.717) is 0 Å². The summed E-state index contributed by atoms with van der Waals surface area (Å²) in [5.41, 5.74) is 0. The van der Waals surface area contributed by atoms with Crippen molar-refractivity contribution in [1.29, 1.82) is 0 Å². The van der Waals surface area contributed by atoms with E-state index in [1.165, 1.54) is 0 Å². The Morgan fingerprint density at radius 1 is 1.44 bits per heavy atom. The quantitative estimate of drug-likeness (QED) is 0.438. The Hall–Kier alpha value is -0.113. The van der Waals surface area contributed by atoms with Crippen LogP contribution in [0.3, 0.4) is 0 Å². The van der Waals surface area contributed by atoms with Crippen molar-refractivity contribution in [3.63, 3.8) is 0 Å². The van der Waals surface area contributed by atoms with Crippen LogP contribution in [0.15, 0.2) is 0 Å². The van der Waals surface area contributed by atoms with Crippen LogP contribution in [0.4, 0.5) is 0 Å². The first-order chi connectivity index (χ1) is 3.95. The molecule has 0 radical (unpaired) electrons. The maximum absolute atomic E-state index is 10.2. The second-order valence-electron chi connectivity index (χ2n) is 3.88. The maximum atomic E-state index is 10.2. The molecule has 0 aliphatic carbocycles. The summed E-state index contributed by atoms with van der Waals surface area (Å²) in [6.45, 7) is 8.85. The van der Waals surface area contributed by atoms with Crippen LogP contribution < -0.4 is 0 Å². The van der Waals surface area contributed by atoms with E-state index >= 15 is 0 Å². The van der Waals surface area contributed by atoms with Crippen molar-refractivity contribution in [1.82, 2.24) is 0 Å². The third-order valence-electron chi connectivity index (χ3n) is 1.17. The molecule has 0 aromatic rings. The second-order valence-corrected chi connectivity index (χ2v) is 9.41. The second kappa shape index (κ2) is 3.16. The molecule has 0 aromatic carbocycles. The fraction of sp³-hybridized carbons (Fsp3) is 0.857. The summed E-state index contributed by atoms with van der Waals surface area (Å²) in [7, 11) is -0.973. The number of carbonyl (C=O) groups excluding carboxylic acids is 1. The molecule has 0 aliphatic rings. The molecule has 0 spiro atoms. The minimum atomic E-state index is -0.973. The number of hydrogen-bond acceptors (Lipinski definition) is 1. The summed E-state index contributed by atoms with van der Waals surface area (Å²) < 4.78 is 0. The van der Waals surface area contributed by atoms with Crippen LogP contribution in [0.5, 0.6) is 0 Å². The first kappa shape index (κ1) is 8.89. The van der Waals surface area contributed by atoms with Crippen LogP contribution in [0, 0.1) is 5.92 Å². The van der Waals surface area contributed by atoms with E-state index < -0.39 is 8.07 Å². The van der Waals surface area contributed by atoms with Gasteiger partial charge in [0.15, 0.2) is 0 Å². The summed E-state index contributed by atoms with van der Waals surface area (Å²) in [5, 5.41) is 0. The average Bonchev–Trinajstić information content (AvgIpc) is 1.62. The largest absolute Gasteiger partial charge is 0.303 e. The maximum Gasteiger partial charge on any atom is 0.122 e. The highest BCUT2D eigenvalue weighted by Gasteiger charge is 2.16. The highest BCUT2D eigenvalue weighted by molar-refractivity contribution is 6.76. The van der Waals surface area contributed by atoms with Crippen molar-refractivity contribution in [3.8, 4) is 0 Å². The lowest BCUT2D eigenvalue weighted by Crippen LogP contribution is -2.23. The summed E-state index contributed by atoms with van der Waals surface area (Å²) in [4.78, 5) is 10.2. The van der Waals surface area contributed by atoms with Crippen molar-refractivity contribution in [2.75, 3.05) is 0 Å². The summed E-state index contributed by atoms with van der Waals surface area (Å²) in [5.74, 6) is 0.275. The standard InChI is InChI=1S/C7H16OSi/c1-7(5-8)6-9(2,3)4/h5,7H,6H2,1-4H3. The normalized spacial score (nSPS) is 15.1. The zero-order valence-electron chi connectivity index (χ0n) is 6.77. The molecule has 0 N–H and O–H groups in total. The summed E-state index contributed by atoms with van der Waals surface area (Å²) in [6, 6.07) is 1.12. The zero-order chi connectivity index (χ0) is 7.49. The van der Waals surface area contributed by atoms with E-state index in [2.05, 4.69) is 19.6 Å². The molecular formula is C7H16OSi. The number of rotatable bonds is 3. The molecule has 2 heteroatoms. The van der Waals surface area contributed by atoms with Gasteiger partial charge in [0, 0.05) is 14.0 Å². The smallest absolute Gasteiger partial charge is 0.122 e. The Labute approximate surface area is 58.5 Å². The van der Waals surface area contributed by atoms with Gasteiger partial charge in [-0.2, -0.15) is 0 Å². The van der Waals surface area contributed by atoms with Crippen LogP contribution >= 0.6 is 0 Å². The third-order valence-corrected chi connectivity index (χ3v) is 3.04. The Morgan fingerprint density at radius 3 is 2.00 bits per heavy atom. The van der Waals surface area contributed by atoms with Gasteiger partial charge in [-0.25, -0.2) is 0 Å². The Balaban J connectivity index is 3.59. The van der Waals surface area contributed by atoms with Gasteiger partial charge >= 0.3 is 0 Å². The SMILES string of the molecule is CC(C=O)C[Si](C)(C)C. The Bertz CT molecular complexity index is 93.6. The van der Waals surface area contributed by atoms with Crippen LogP contribution in [0.25, 0.3) is 0 Å². The molecule has 9 heavy (non-hydrogen) atoms. The van der Waals surface area contributed by atoms with Crippen molar-refractivity contribution < 1.29 is 4.79 Å². The fourth-order valence-electron chi connectivity index (χ4n) is 1.01. The minimum absolute atomic E-state index is 0.275. The molecule has 0 rings (SSSR count). The first-order valence-corrected chi connectivity index (χ1v) is 7.12. The van der Waals surface area contributed by atoms with Gasteiger partial charge in [0.25, 0.3) is 0 Å².